The summed E-state index contributed by atoms with van der Waals surface area (Å²) in [6, 6.07) is 10.2. The molecule has 0 aliphatic rings. The van der Waals surface area contributed by atoms with Crippen LogP contribution in [0, 0.1) is 0 Å². The van der Waals surface area contributed by atoms with Crippen LogP contribution < -0.4 is 20.8 Å². The summed E-state index contributed by atoms with van der Waals surface area (Å²) in [6.45, 7) is 0.835. The van der Waals surface area contributed by atoms with Crippen molar-refractivity contribution < 1.29 is 9.47 Å². The molecule has 0 fully saturated rings. The van der Waals surface area contributed by atoms with Crippen LogP contribution in [0.15, 0.2) is 47.4 Å². The molecule has 1 heterocycles. The average molecular weight is 260 g/mol. The van der Waals surface area contributed by atoms with Gasteiger partial charge in [-0.3, -0.25) is 4.79 Å². The molecule has 0 bridgehead atoms. The highest BCUT2D eigenvalue weighted by Gasteiger charge is 2.04. The number of ether oxygens (including phenoxy) is 2. The summed E-state index contributed by atoms with van der Waals surface area (Å²) in [5.41, 5.74) is 6.25. The number of aromatic nitrogens is 1. The van der Waals surface area contributed by atoms with Gasteiger partial charge < -0.3 is 19.8 Å². The number of hydrogen-bond donors (Lipinski definition) is 1. The lowest BCUT2D eigenvalue weighted by atomic mass is 10.3. The highest BCUT2D eigenvalue weighted by Crippen LogP contribution is 2.28. The number of nitrogens with two attached hydrogens (primary N) is 1. The Morgan fingerprint density at radius 2 is 2.05 bits per heavy atom. The molecule has 0 radical (unpaired) electrons. The first-order valence-corrected chi connectivity index (χ1v) is 5.92. The Balaban J connectivity index is 2.02. The molecule has 0 spiro atoms. The molecule has 5 nitrogen and oxygen atoms in total. The van der Waals surface area contributed by atoms with Crippen LogP contribution in [-0.4, -0.2) is 18.3 Å². The van der Waals surface area contributed by atoms with Crippen LogP contribution in [0.1, 0.15) is 0 Å². The van der Waals surface area contributed by atoms with Crippen molar-refractivity contribution in [1.29, 1.82) is 0 Å². The lowest BCUT2D eigenvalue weighted by molar-refractivity contribution is 0.278. The number of benzene rings is 1. The largest absolute Gasteiger partial charge is 0.493 e. The Labute approximate surface area is 111 Å². The maximum absolute atomic E-state index is 11.5. The van der Waals surface area contributed by atoms with Crippen LogP contribution in [0.25, 0.3) is 0 Å². The lowest BCUT2D eigenvalue weighted by Crippen LogP contribution is -2.21. The quantitative estimate of drug-likeness (QED) is 0.828. The van der Waals surface area contributed by atoms with Gasteiger partial charge in [0.2, 0.25) is 0 Å². The second-order valence-electron chi connectivity index (χ2n) is 3.99. The Kier molecular flexibility index (Phi) is 4.07. The Morgan fingerprint density at radius 1 is 1.21 bits per heavy atom. The van der Waals surface area contributed by atoms with Gasteiger partial charge >= 0.3 is 0 Å². The first-order chi connectivity index (χ1) is 9.20. The van der Waals surface area contributed by atoms with Crippen molar-refractivity contribution in [3.63, 3.8) is 0 Å². The van der Waals surface area contributed by atoms with E-state index in [1.165, 1.54) is 6.07 Å². The number of rotatable bonds is 5. The highest BCUT2D eigenvalue weighted by molar-refractivity contribution is 5.51. The van der Waals surface area contributed by atoms with Gasteiger partial charge in [0.1, 0.15) is 6.61 Å². The predicted molar refractivity (Wildman–Crippen MR) is 73.6 cm³/mol. The van der Waals surface area contributed by atoms with Gasteiger partial charge in [0.05, 0.1) is 13.7 Å². The van der Waals surface area contributed by atoms with Crippen LogP contribution >= 0.6 is 0 Å². The van der Waals surface area contributed by atoms with Crippen molar-refractivity contribution in [3.8, 4) is 11.5 Å². The van der Waals surface area contributed by atoms with Crippen LogP contribution in [0.5, 0.6) is 11.5 Å². The number of nitrogen functional groups attached to an aromatic ring is 1. The van der Waals surface area contributed by atoms with Crippen molar-refractivity contribution >= 4 is 5.69 Å². The van der Waals surface area contributed by atoms with E-state index in [-0.39, 0.29) is 5.56 Å². The van der Waals surface area contributed by atoms with E-state index in [1.807, 2.05) is 6.07 Å². The van der Waals surface area contributed by atoms with E-state index in [0.717, 1.165) is 0 Å². The van der Waals surface area contributed by atoms with Gasteiger partial charge in [-0.2, -0.15) is 0 Å². The Hall–Kier alpha value is -2.43. The van der Waals surface area contributed by atoms with Gasteiger partial charge in [-0.1, -0.05) is 6.07 Å². The predicted octanol–water partition coefficient (Wildman–Crippen LogP) is 1.52. The summed E-state index contributed by atoms with van der Waals surface area (Å²) in [4.78, 5) is 11.5. The van der Waals surface area contributed by atoms with E-state index in [9.17, 15) is 4.79 Å². The maximum atomic E-state index is 11.5. The van der Waals surface area contributed by atoms with E-state index >= 15 is 0 Å². The Morgan fingerprint density at radius 3 is 2.79 bits per heavy atom. The summed E-state index contributed by atoms with van der Waals surface area (Å²) in [7, 11) is 1.57. The second-order valence-corrected chi connectivity index (χ2v) is 3.99. The smallest absolute Gasteiger partial charge is 0.250 e. The molecule has 5 heteroatoms. The summed E-state index contributed by atoms with van der Waals surface area (Å²) >= 11 is 0. The third-order valence-corrected chi connectivity index (χ3v) is 2.68. The van der Waals surface area contributed by atoms with E-state index < -0.39 is 0 Å². The van der Waals surface area contributed by atoms with Crippen LogP contribution in [0.3, 0.4) is 0 Å². The molecule has 0 unspecified atom stereocenters. The highest BCUT2D eigenvalue weighted by atomic mass is 16.5. The first kappa shape index (κ1) is 13.0. The SMILES string of the molecule is COc1ccc(N)cc1OCCn1ccccc1=O. The molecule has 0 aliphatic carbocycles. The van der Waals surface area contributed by atoms with Gasteiger partial charge in [0.25, 0.3) is 5.56 Å². The fraction of sp³-hybridized carbons (Fsp3) is 0.214. The van der Waals surface area contributed by atoms with Crippen LogP contribution in [0.2, 0.25) is 0 Å². The molecular weight excluding hydrogens is 244 g/mol. The molecule has 19 heavy (non-hydrogen) atoms. The molecule has 2 rings (SSSR count). The van der Waals surface area contributed by atoms with Gasteiger partial charge in [0.15, 0.2) is 11.5 Å². The third-order valence-electron chi connectivity index (χ3n) is 2.68. The number of hydrogen-bond acceptors (Lipinski definition) is 4. The fourth-order valence-corrected chi connectivity index (χ4v) is 1.71. The number of pyridine rings is 1. The minimum Gasteiger partial charge on any atom is -0.493 e. The third kappa shape index (κ3) is 3.28. The van der Waals surface area contributed by atoms with Gasteiger partial charge in [0, 0.05) is 24.0 Å². The zero-order valence-corrected chi connectivity index (χ0v) is 10.7. The number of methoxy groups -OCH3 is 1. The van der Waals surface area contributed by atoms with Gasteiger partial charge in [-0.25, -0.2) is 0 Å². The molecular formula is C14H16N2O3. The summed E-state index contributed by atoms with van der Waals surface area (Å²) in [6.07, 6.45) is 1.72. The number of anilines is 1. The monoisotopic (exact) mass is 260 g/mol. The molecule has 2 aromatic rings. The molecule has 0 amide bonds. The minimum atomic E-state index is -0.0503. The van der Waals surface area contributed by atoms with E-state index in [1.54, 1.807) is 42.1 Å². The van der Waals surface area contributed by atoms with Crippen molar-refractivity contribution in [1.82, 2.24) is 4.57 Å². The molecule has 0 aliphatic heterocycles. The molecule has 100 valence electrons. The molecule has 0 saturated heterocycles. The zero-order chi connectivity index (χ0) is 13.7. The van der Waals surface area contributed by atoms with Crippen LogP contribution in [0.4, 0.5) is 5.69 Å². The topological polar surface area (TPSA) is 66.5 Å². The number of nitrogens with zero attached hydrogens (tertiary/aromatic N) is 1. The van der Waals surface area contributed by atoms with Gasteiger partial charge in [-0.15, -0.1) is 0 Å². The summed E-state index contributed by atoms with van der Waals surface area (Å²) in [5, 5.41) is 0. The maximum Gasteiger partial charge on any atom is 0.250 e. The standard InChI is InChI=1S/C14H16N2O3/c1-18-12-6-5-11(15)10-13(12)19-9-8-16-7-3-2-4-14(16)17/h2-7,10H,8-9,15H2,1H3. The van der Waals surface area contributed by atoms with Crippen LogP contribution in [-0.2, 0) is 6.54 Å². The fourth-order valence-electron chi connectivity index (χ4n) is 1.71. The first-order valence-electron chi connectivity index (χ1n) is 5.92. The molecule has 2 N–H and O–H groups in total. The van der Waals surface area contributed by atoms with E-state index in [0.29, 0.717) is 30.3 Å². The van der Waals surface area contributed by atoms with Crippen molar-refractivity contribution in [2.45, 2.75) is 6.54 Å². The average Bonchev–Trinajstić information content (AvgIpc) is 2.41. The van der Waals surface area contributed by atoms with Crippen molar-refractivity contribution in [3.05, 3.63) is 52.9 Å². The minimum absolute atomic E-state index is 0.0503. The summed E-state index contributed by atoms with van der Waals surface area (Å²) in [5.74, 6) is 1.20. The van der Waals surface area contributed by atoms with E-state index in [2.05, 4.69) is 0 Å². The molecule has 1 aromatic heterocycles. The summed E-state index contributed by atoms with van der Waals surface area (Å²) < 4.78 is 12.4. The normalized spacial score (nSPS) is 10.2. The van der Waals surface area contributed by atoms with Gasteiger partial charge in [-0.05, 0) is 18.2 Å². The van der Waals surface area contributed by atoms with E-state index in [4.69, 9.17) is 15.2 Å². The Bertz CT molecular complexity index is 608. The second kappa shape index (κ2) is 5.95. The lowest BCUT2D eigenvalue weighted by Gasteiger charge is -2.12. The molecule has 0 saturated carbocycles. The van der Waals surface area contributed by atoms with Crippen molar-refractivity contribution in [2.75, 3.05) is 19.5 Å². The molecule has 1 aromatic carbocycles. The zero-order valence-electron chi connectivity index (χ0n) is 10.7. The van der Waals surface area contributed by atoms with Crippen molar-refractivity contribution in [2.24, 2.45) is 0 Å². The molecule has 0 atom stereocenters.